The number of fused-ring (bicyclic) bond motifs is 1. The number of likely N-dealkylation sites (N-methyl/N-ethyl adjacent to an activating group) is 1. The number of benzene rings is 2. The average Bonchev–Trinajstić information content (AvgIpc) is 2.98. The van der Waals surface area contributed by atoms with Crippen LogP contribution in [0.15, 0.2) is 48.5 Å². The van der Waals surface area contributed by atoms with Crippen molar-refractivity contribution in [1.29, 1.82) is 0 Å². The quantitative estimate of drug-likeness (QED) is 0.670. The van der Waals surface area contributed by atoms with Crippen LogP contribution in [0.5, 0.6) is 0 Å². The summed E-state index contributed by atoms with van der Waals surface area (Å²) < 4.78 is 14.5. The van der Waals surface area contributed by atoms with E-state index in [0.29, 0.717) is 23.8 Å². The molecule has 0 atom stereocenters. The van der Waals surface area contributed by atoms with E-state index < -0.39 is 5.82 Å². The van der Waals surface area contributed by atoms with Crippen molar-refractivity contribution >= 4 is 45.0 Å². The number of para-hydroxylation sites is 1. The Labute approximate surface area is 156 Å². The predicted molar refractivity (Wildman–Crippen MR) is 103 cm³/mol. The van der Waals surface area contributed by atoms with Gasteiger partial charge in [0.25, 0.3) is 5.91 Å². The van der Waals surface area contributed by atoms with E-state index in [1.54, 1.807) is 17.0 Å². The highest BCUT2D eigenvalue weighted by atomic mass is 35.5. The van der Waals surface area contributed by atoms with Crippen LogP contribution in [-0.4, -0.2) is 43.0 Å². The van der Waals surface area contributed by atoms with Gasteiger partial charge in [0.05, 0.1) is 10.2 Å². The third-order valence-corrected chi connectivity index (χ3v) is 4.66. The molecule has 1 aromatic heterocycles. The van der Waals surface area contributed by atoms with Crippen LogP contribution in [-0.2, 0) is 0 Å². The van der Waals surface area contributed by atoms with Crippen molar-refractivity contribution in [1.82, 2.24) is 9.88 Å². The molecule has 0 bridgehead atoms. The standard InChI is InChI=1S/C18H18FN3OS.ClH/c1-21(2)10-11-22(17(23)13-6-5-7-14(19)12-13)18-20-15-8-3-4-9-16(15)24-18;/h3-9,12H,10-11H2,1-2H3;1H. The number of nitrogens with zero attached hydrogens (tertiary/aromatic N) is 3. The number of hydrogen-bond acceptors (Lipinski definition) is 4. The Morgan fingerprint density at radius 1 is 1.12 bits per heavy atom. The lowest BCUT2D eigenvalue weighted by Gasteiger charge is -2.22. The zero-order valence-corrected chi connectivity index (χ0v) is 15.6. The Kier molecular flexibility index (Phi) is 6.47. The topological polar surface area (TPSA) is 36.4 Å². The number of aromatic nitrogens is 1. The van der Waals surface area contributed by atoms with Gasteiger partial charge in [0.15, 0.2) is 5.13 Å². The van der Waals surface area contributed by atoms with Crippen molar-refractivity contribution in [3.63, 3.8) is 0 Å². The third kappa shape index (κ3) is 4.54. The zero-order chi connectivity index (χ0) is 17.1. The predicted octanol–water partition coefficient (Wildman–Crippen LogP) is 4.07. The first-order valence-corrected chi connectivity index (χ1v) is 8.44. The van der Waals surface area contributed by atoms with Gasteiger partial charge in [-0.25, -0.2) is 9.37 Å². The summed E-state index contributed by atoms with van der Waals surface area (Å²) in [6.45, 7) is 1.18. The van der Waals surface area contributed by atoms with Gasteiger partial charge >= 0.3 is 0 Å². The minimum Gasteiger partial charge on any atom is -0.308 e. The second-order valence-corrected chi connectivity index (χ2v) is 6.74. The van der Waals surface area contributed by atoms with Gasteiger partial charge in [-0.15, -0.1) is 12.4 Å². The highest BCUT2D eigenvalue weighted by Crippen LogP contribution is 2.29. The fourth-order valence-corrected chi connectivity index (χ4v) is 3.33. The van der Waals surface area contributed by atoms with Gasteiger partial charge in [0.1, 0.15) is 5.82 Å². The van der Waals surface area contributed by atoms with E-state index in [1.807, 2.05) is 43.3 Å². The summed E-state index contributed by atoms with van der Waals surface area (Å²) in [5.74, 6) is -0.659. The monoisotopic (exact) mass is 379 g/mol. The molecule has 0 spiro atoms. The first kappa shape index (κ1) is 19.3. The SMILES string of the molecule is CN(C)CCN(C(=O)c1cccc(F)c1)c1nc2ccccc2s1.Cl. The van der Waals surface area contributed by atoms with Gasteiger partial charge < -0.3 is 4.90 Å². The normalized spacial score (nSPS) is 10.7. The number of amides is 1. The molecule has 132 valence electrons. The van der Waals surface area contributed by atoms with Gasteiger partial charge in [-0.3, -0.25) is 9.69 Å². The van der Waals surface area contributed by atoms with E-state index in [2.05, 4.69) is 4.98 Å². The van der Waals surface area contributed by atoms with Crippen LogP contribution < -0.4 is 4.90 Å². The molecule has 0 radical (unpaired) electrons. The Balaban J connectivity index is 0.00000225. The van der Waals surface area contributed by atoms with Crippen LogP contribution in [0.25, 0.3) is 10.2 Å². The van der Waals surface area contributed by atoms with Crippen molar-refractivity contribution in [3.05, 3.63) is 59.9 Å². The van der Waals surface area contributed by atoms with E-state index in [4.69, 9.17) is 0 Å². The molecule has 1 amide bonds. The number of thiazole rings is 1. The number of hydrogen-bond donors (Lipinski definition) is 0. The summed E-state index contributed by atoms with van der Waals surface area (Å²) in [6, 6.07) is 13.5. The molecule has 7 heteroatoms. The molecule has 0 saturated carbocycles. The molecule has 0 saturated heterocycles. The lowest BCUT2D eigenvalue weighted by molar-refractivity contribution is 0.0985. The van der Waals surface area contributed by atoms with E-state index in [1.165, 1.54) is 23.5 Å². The summed E-state index contributed by atoms with van der Waals surface area (Å²) in [7, 11) is 3.90. The molecule has 0 aliphatic rings. The Morgan fingerprint density at radius 2 is 1.88 bits per heavy atom. The second-order valence-electron chi connectivity index (χ2n) is 5.73. The summed E-state index contributed by atoms with van der Waals surface area (Å²) in [5, 5.41) is 0.632. The Bertz CT molecular complexity index is 835. The molecule has 4 nitrogen and oxygen atoms in total. The fraction of sp³-hybridized carbons (Fsp3) is 0.222. The Morgan fingerprint density at radius 3 is 2.56 bits per heavy atom. The maximum atomic E-state index is 13.5. The van der Waals surface area contributed by atoms with Gasteiger partial charge in [0.2, 0.25) is 0 Å². The van der Waals surface area contributed by atoms with Crippen LogP contribution in [0.1, 0.15) is 10.4 Å². The van der Waals surface area contributed by atoms with Crippen LogP contribution in [0.4, 0.5) is 9.52 Å². The van der Waals surface area contributed by atoms with E-state index in [0.717, 1.165) is 10.2 Å². The fourth-order valence-electron chi connectivity index (χ4n) is 2.34. The van der Waals surface area contributed by atoms with Gasteiger partial charge in [-0.2, -0.15) is 0 Å². The largest absolute Gasteiger partial charge is 0.308 e. The maximum absolute atomic E-state index is 13.5. The van der Waals surface area contributed by atoms with Crippen molar-refractivity contribution < 1.29 is 9.18 Å². The van der Waals surface area contributed by atoms with Crippen molar-refractivity contribution in [2.24, 2.45) is 0 Å². The van der Waals surface area contributed by atoms with Crippen molar-refractivity contribution in [3.8, 4) is 0 Å². The lowest BCUT2D eigenvalue weighted by Crippen LogP contribution is -2.36. The maximum Gasteiger partial charge on any atom is 0.260 e. The van der Waals surface area contributed by atoms with Crippen LogP contribution in [0, 0.1) is 5.82 Å². The van der Waals surface area contributed by atoms with Crippen molar-refractivity contribution in [2.75, 3.05) is 32.1 Å². The van der Waals surface area contributed by atoms with E-state index in [-0.39, 0.29) is 18.3 Å². The molecule has 0 aliphatic carbocycles. The van der Waals surface area contributed by atoms with Gasteiger partial charge in [-0.1, -0.05) is 29.5 Å². The van der Waals surface area contributed by atoms with Crippen LogP contribution in [0.2, 0.25) is 0 Å². The minimum absolute atomic E-state index is 0. The zero-order valence-electron chi connectivity index (χ0n) is 14.0. The average molecular weight is 380 g/mol. The van der Waals surface area contributed by atoms with Gasteiger partial charge in [-0.05, 0) is 44.4 Å². The Hall–Kier alpha value is -2.02. The molecule has 0 aliphatic heterocycles. The van der Waals surface area contributed by atoms with Crippen LogP contribution in [0.3, 0.4) is 0 Å². The first-order chi connectivity index (χ1) is 11.5. The van der Waals surface area contributed by atoms with E-state index in [9.17, 15) is 9.18 Å². The van der Waals surface area contributed by atoms with Crippen molar-refractivity contribution in [2.45, 2.75) is 0 Å². The van der Waals surface area contributed by atoms with Gasteiger partial charge in [0, 0.05) is 18.7 Å². The molecule has 25 heavy (non-hydrogen) atoms. The molecule has 2 aromatic carbocycles. The summed E-state index contributed by atoms with van der Waals surface area (Å²) in [6.07, 6.45) is 0. The molecule has 3 aromatic rings. The lowest BCUT2D eigenvalue weighted by atomic mass is 10.2. The summed E-state index contributed by atoms with van der Waals surface area (Å²) >= 11 is 1.47. The first-order valence-electron chi connectivity index (χ1n) is 7.62. The smallest absolute Gasteiger partial charge is 0.260 e. The molecule has 0 unspecified atom stereocenters. The number of rotatable bonds is 5. The third-order valence-electron chi connectivity index (χ3n) is 3.60. The molecular formula is C18H19ClFN3OS. The van der Waals surface area contributed by atoms with E-state index >= 15 is 0 Å². The molecule has 3 rings (SSSR count). The van der Waals surface area contributed by atoms with Crippen LogP contribution >= 0.6 is 23.7 Å². The molecular weight excluding hydrogens is 361 g/mol. The minimum atomic E-state index is -0.419. The summed E-state index contributed by atoms with van der Waals surface area (Å²) in [4.78, 5) is 21.1. The number of carbonyl (C=O) groups excluding carboxylic acids is 1. The molecule has 0 fully saturated rings. The number of anilines is 1. The number of halogens is 2. The number of carbonyl (C=O) groups is 1. The highest BCUT2D eigenvalue weighted by Gasteiger charge is 2.21. The molecule has 1 heterocycles. The highest BCUT2D eigenvalue weighted by molar-refractivity contribution is 7.22. The second kappa shape index (κ2) is 8.38. The summed E-state index contributed by atoms with van der Waals surface area (Å²) in [5.41, 5.74) is 1.19. The molecule has 0 N–H and O–H groups in total.